The first kappa shape index (κ1) is 21.8. The number of esters is 1. The molecule has 0 fully saturated rings. The first-order chi connectivity index (χ1) is 15.6. The van der Waals surface area contributed by atoms with Crippen molar-refractivity contribution in [2.45, 2.75) is 19.4 Å². The van der Waals surface area contributed by atoms with E-state index in [0.29, 0.717) is 0 Å². The predicted molar refractivity (Wildman–Crippen MR) is 134 cm³/mol. The third-order valence-electron chi connectivity index (χ3n) is 6.03. The Morgan fingerprint density at radius 3 is 2.19 bits per heavy atom. The molecule has 0 aliphatic carbocycles. The van der Waals surface area contributed by atoms with Gasteiger partial charge in [-0.1, -0.05) is 91.0 Å². The van der Waals surface area contributed by atoms with Gasteiger partial charge in [-0.2, -0.15) is 0 Å². The van der Waals surface area contributed by atoms with Gasteiger partial charge in [-0.25, -0.2) is 0 Å². The highest BCUT2D eigenvalue weighted by Crippen LogP contribution is 2.22. The van der Waals surface area contributed by atoms with E-state index in [1.807, 2.05) is 0 Å². The van der Waals surface area contributed by atoms with E-state index in [-0.39, 0.29) is 24.5 Å². The van der Waals surface area contributed by atoms with Crippen LogP contribution in [0.5, 0.6) is 0 Å². The van der Waals surface area contributed by atoms with Gasteiger partial charge in [0, 0.05) is 6.04 Å². The molecule has 2 unspecified atom stereocenters. The van der Waals surface area contributed by atoms with Crippen LogP contribution in [-0.2, 0) is 16.0 Å². The van der Waals surface area contributed by atoms with Crippen LogP contribution >= 0.6 is 0 Å². The van der Waals surface area contributed by atoms with Gasteiger partial charge in [0.25, 0.3) is 0 Å². The SMILES string of the molecule is COC(=O)CNC(C)C(/C=C/c1ccc2ccccc2c1)Cc1ccc2ccccc2c1. The average Bonchev–Trinajstić information content (AvgIpc) is 2.84. The number of rotatable bonds is 8. The number of nitrogens with one attached hydrogen (secondary N) is 1. The van der Waals surface area contributed by atoms with E-state index < -0.39 is 0 Å². The molecule has 0 heterocycles. The van der Waals surface area contributed by atoms with Gasteiger partial charge in [0.1, 0.15) is 0 Å². The van der Waals surface area contributed by atoms with E-state index >= 15 is 0 Å². The lowest BCUT2D eigenvalue weighted by atomic mass is 9.91. The number of methoxy groups -OCH3 is 1. The Kier molecular flexibility index (Phi) is 6.98. The summed E-state index contributed by atoms with van der Waals surface area (Å²) < 4.78 is 4.80. The van der Waals surface area contributed by atoms with Crippen molar-refractivity contribution in [1.82, 2.24) is 5.32 Å². The molecule has 0 spiro atoms. The minimum absolute atomic E-state index is 0.109. The molecule has 4 aromatic rings. The van der Waals surface area contributed by atoms with E-state index in [0.717, 1.165) is 6.42 Å². The van der Waals surface area contributed by atoms with Crippen LogP contribution in [0, 0.1) is 5.92 Å². The fraction of sp³-hybridized carbons (Fsp3) is 0.207. The zero-order valence-corrected chi connectivity index (χ0v) is 18.6. The van der Waals surface area contributed by atoms with Gasteiger partial charge in [0.05, 0.1) is 13.7 Å². The molecule has 0 saturated carbocycles. The van der Waals surface area contributed by atoms with E-state index in [2.05, 4.69) is 109 Å². The lowest BCUT2D eigenvalue weighted by Crippen LogP contribution is -2.37. The highest BCUT2D eigenvalue weighted by atomic mass is 16.5. The van der Waals surface area contributed by atoms with Crippen LogP contribution in [0.2, 0.25) is 0 Å². The van der Waals surface area contributed by atoms with Crippen LogP contribution in [0.25, 0.3) is 27.6 Å². The van der Waals surface area contributed by atoms with Crippen LogP contribution in [0.1, 0.15) is 18.1 Å². The summed E-state index contributed by atoms with van der Waals surface area (Å²) in [6, 6.07) is 30.1. The smallest absolute Gasteiger partial charge is 0.319 e. The second-order valence-corrected chi connectivity index (χ2v) is 8.26. The van der Waals surface area contributed by atoms with Crippen molar-refractivity contribution in [3.8, 4) is 0 Å². The molecule has 0 radical (unpaired) electrons. The summed E-state index contributed by atoms with van der Waals surface area (Å²) in [7, 11) is 1.42. The predicted octanol–water partition coefficient (Wildman–Crippen LogP) is 6.02. The molecule has 1 N–H and O–H groups in total. The van der Waals surface area contributed by atoms with Crippen LogP contribution < -0.4 is 5.32 Å². The Morgan fingerprint density at radius 2 is 1.50 bits per heavy atom. The van der Waals surface area contributed by atoms with Gasteiger partial charge in [-0.3, -0.25) is 4.79 Å². The lowest BCUT2D eigenvalue weighted by Gasteiger charge is -2.22. The molecule has 0 aliphatic heterocycles. The fourth-order valence-corrected chi connectivity index (χ4v) is 4.06. The molecule has 162 valence electrons. The minimum Gasteiger partial charge on any atom is -0.468 e. The van der Waals surface area contributed by atoms with Gasteiger partial charge >= 0.3 is 5.97 Å². The van der Waals surface area contributed by atoms with Gasteiger partial charge in [-0.05, 0) is 58.0 Å². The van der Waals surface area contributed by atoms with Crippen molar-refractivity contribution in [1.29, 1.82) is 0 Å². The van der Waals surface area contributed by atoms with Crippen molar-refractivity contribution in [3.63, 3.8) is 0 Å². The van der Waals surface area contributed by atoms with Crippen molar-refractivity contribution in [2.24, 2.45) is 5.92 Å². The molecule has 2 atom stereocenters. The summed E-state index contributed by atoms with van der Waals surface area (Å²) in [5, 5.41) is 8.30. The van der Waals surface area contributed by atoms with Crippen LogP contribution in [0.3, 0.4) is 0 Å². The van der Waals surface area contributed by atoms with E-state index in [4.69, 9.17) is 4.74 Å². The van der Waals surface area contributed by atoms with Crippen LogP contribution in [0.15, 0.2) is 91.0 Å². The fourth-order valence-electron chi connectivity index (χ4n) is 4.06. The Bertz CT molecular complexity index is 1240. The molecule has 0 amide bonds. The number of carbonyl (C=O) groups is 1. The van der Waals surface area contributed by atoms with Crippen LogP contribution in [0.4, 0.5) is 0 Å². The third kappa shape index (κ3) is 5.43. The normalized spacial score (nSPS) is 13.4. The second-order valence-electron chi connectivity index (χ2n) is 8.26. The molecule has 0 saturated heterocycles. The van der Waals surface area contributed by atoms with Gasteiger partial charge in [0.15, 0.2) is 0 Å². The largest absolute Gasteiger partial charge is 0.468 e. The summed E-state index contributed by atoms with van der Waals surface area (Å²) in [6.07, 6.45) is 5.33. The van der Waals surface area contributed by atoms with Crippen molar-refractivity contribution < 1.29 is 9.53 Å². The molecule has 0 aliphatic rings. The number of hydrogen-bond donors (Lipinski definition) is 1. The standard InChI is InChI=1S/C29H29NO2/c1-21(30-20-29(31)32-2)26(18-23-13-15-25-8-4-6-10-28(25)19-23)16-12-22-11-14-24-7-3-5-9-27(24)17-22/h3-17,19,21,26,30H,18,20H2,1-2H3/b16-12+. The summed E-state index contributed by atoms with van der Waals surface area (Å²) in [5.74, 6) is -0.0351. The lowest BCUT2D eigenvalue weighted by molar-refractivity contribution is -0.139. The van der Waals surface area contributed by atoms with Crippen molar-refractivity contribution in [2.75, 3.05) is 13.7 Å². The zero-order chi connectivity index (χ0) is 22.3. The molecule has 3 nitrogen and oxygen atoms in total. The summed E-state index contributed by atoms with van der Waals surface area (Å²) in [4.78, 5) is 11.6. The van der Waals surface area contributed by atoms with E-state index in [1.54, 1.807) is 0 Å². The maximum atomic E-state index is 11.6. The number of fused-ring (bicyclic) bond motifs is 2. The molecular formula is C29H29NO2. The summed E-state index contributed by atoms with van der Waals surface area (Å²) in [6.45, 7) is 2.33. The molecule has 4 rings (SSSR count). The van der Waals surface area contributed by atoms with E-state index in [9.17, 15) is 4.79 Å². The molecular weight excluding hydrogens is 394 g/mol. The summed E-state index contributed by atoms with van der Waals surface area (Å²) in [5.41, 5.74) is 2.45. The van der Waals surface area contributed by atoms with Gasteiger partial charge < -0.3 is 10.1 Å². The maximum Gasteiger partial charge on any atom is 0.319 e. The Hall–Kier alpha value is -3.43. The zero-order valence-electron chi connectivity index (χ0n) is 18.6. The van der Waals surface area contributed by atoms with Gasteiger partial charge in [0.2, 0.25) is 0 Å². The molecule has 0 aromatic heterocycles. The molecule has 32 heavy (non-hydrogen) atoms. The Balaban J connectivity index is 1.57. The minimum atomic E-state index is -0.250. The second kappa shape index (κ2) is 10.3. The topological polar surface area (TPSA) is 38.3 Å². The average molecular weight is 424 g/mol. The summed E-state index contributed by atoms with van der Waals surface area (Å²) >= 11 is 0. The van der Waals surface area contributed by atoms with E-state index in [1.165, 1.54) is 39.8 Å². The number of benzene rings is 4. The highest BCUT2D eigenvalue weighted by Gasteiger charge is 2.16. The van der Waals surface area contributed by atoms with Crippen molar-refractivity contribution >= 4 is 33.6 Å². The Labute approximate surface area is 189 Å². The van der Waals surface area contributed by atoms with Gasteiger partial charge in [-0.15, -0.1) is 0 Å². The Morgan fingerprint density at radius 1 is 0.875 bits per heavy atom. The molecule has 4 aromatic carbocycles. The maximum absolute atomic E-state index is 11.6. The molecule has 0 bridgehead atoms. The first-order valence-corrected chi connectivity index (χ1v) is 11.1. The third-order valence-corrected chi connectivity index (χ3v) is 6.03. The number of carbonyl (C=O) groups excluding carboxylic acids is 1. The number of hydrogen-bond acceptors (Lipinski definition) is 3. The number of ether oxygens (including phenoxy) is 1. The monoisotopic (exact) mass is 423 g/mol. The highest BCUT2D eigenvalue weighted by molar-refractivity contribution is 5.85. The quantitative estimate of drug-likeness (QED) is 0.352. The van der Waals surface area contributed by atoms with Crippen molar-refractivity contribution in [3.05, 3.63) is 102 Å². The van der Waals surface area contributed by atoms with Crippen LogP contribution in [-0.4, -0.2) is 25.7 Å². The first-order valence-electron chi connectivity index (χ1n) is 11.1. The molecule has 3 heteroatoms.